The predicted molar refractivity (Wildman–Crippen MR) is 101 cm³/mol. The van der Waals surface area contributed by atoms with Gasteiger partial charge in [0.2, 0.25) is 0 Å². The number of rotatable bonds is 6. The quantitative estimate of drug-likeness (QED) is 0.740. The van der Waals surface area contributed by atoms with E-state index in [4.69, 9.17) is 4.74 Å². The van der Waals surface area contributed by atoms with Gasteiger partial charge in [0.05, 0.1) is 19.3 Å². The lowest BCUT2D eigenvalue weighted by Gasteiger charge is -2.34. The zero-order valence-corrected chi connectivity index (χ0v) is 15.1. The summed E-state index contributed by atoms with van der Waals surface area (Å²) >= 11 is 0. The van der Waals surface area contributed by atoms with Gasteiger partial charge in [-0.2, -0.15) is 0 Å². The largest absolute Gasteiger partial charge is 0.379 e. The van der Waals surface area contributed by atoms with Gasteiger partial charge in [-0.15, -0.1) is 0 Å². The molecule has 1 atom stereocenters. The fourth-order valence-corrected chi connectivity index (χ4v) is 3.05. The van der Waals surface area contributed by atoms with Crippen molar-refractivity contribution >= 4 is 11.8 Å². The number of carbonyl (C=O) groups excluding carboxylic acids is 2. The van der Waals surface area contributed by atoms with E-state index in [0.717, 1.165) is 24.2 Å². The first-order valence-electron chi connectivity index (χ1n) is 9.05. The van der Waals surface area contributed by atoms with Gasteiger partial charge in [-0.25, -0.2) is 0 Å². The van der Waals surface area contributed by atoms with Gasteiger partial charge in [0.15, 0.2) is 0 Å². The van der Waals surface area contributed by atoms with Crippen LogP contribution in [0.15, 0.2) is 54.9 Å². The second-order valence-corrected chi connectivity index (χ2v) is 6.33. The molecule has 0 radical (unpaired) electrons. The zero-order chi connectivity index (χ0) is 18.9. The molecule has 7 nitrogen and oxygen atoms in total. The second kappa shape index (κ2) is 9.80. The Bertz CT molecular complexity index is 733. The topological polar surface area (TPSA) is 83.6 Å². The van der Waals surface area contributed by atoms with Crippen LogP contribution in [0.5, 0.6) is 0 Å². The van der Waals surface area contributed by atoms with Crippen molar-refractivity contribution in [3.05, 3.63) is 66.0 Å². The Morgan fingerprint density at radius 1 is 1.04 bits per heavy atom. The van der Waals surface area contributed by atoms with Crippen LogP contribution in [0.1, 0.15) is 17.2 Å². The average molecular weight is 368 g/mol. The second-order valence-electron chi connectivity index (χ2n) is 6.33. The number of nitrogens with one attached hydrogen (secondary N) is 2. The molecule has 0 bridgehead atoms. The fourth-order valence-electron chi connectivity index (χ4n) is 3.05. The monoisotopic (exact) mass is 368 g/mol. The van der Waals surface area contributed by atoms with Gasteiger partial charge < -0.3 is 15.4 Å². The molecule has 0 spiro atoms. The van der Waals surface area contributed by atoms with E-state index in [2.05, 4.69) is 20.5 Å². The van der Waals surface area contributed by atoms with Gasteiger partial charge >= 0.3 is 11.8 Å². The standard InChI is InChI=1S/C20H24N4O3/c25-19(22-13-16-5-2-1-3-6-16)20(26)23-15-18(17-7-4-8-21-14-17)24-9-11-27-12-10-24/h1-8,14,18H,9-13,15H2,(H,22,25)(H,23,26)/t18-/m0/s1. The van der Waals surface area contributed by atoms with Gasteiger partial charge in [0.25, 0.3) is 0 Å². The molecule has 1 aliphatic heterocycles. The molecule has 142 valence electrons. The van der Waals surface area contributed by atoms with Crippen molar-refractivity contribution in [1.82, 2.24) is 20.5 Å². The summed E-state index contributed by atoms with van der Waals surface area (Å²) in [6.45, 7) is 3.52. The van der Waals surface area contributed by atoms with Crippen LogP contribution in [-0.2, 0) is 20.9 Å². The minimum Gasteiger partial charge on any atom is -0.379 e. The number of benzene rings is 1. The highest BCUT2D eigenvalue weighted by molar-refractivity contribution is 6.35. The van der Waals surface area contributed by atoms with E-state index >= 15 is 0 Å². The number of hydrogen-bond acceptors (Lipinski definition) is 5. The van der Waals surface area contributed by atoms with Crippen LogP contribution in [-0.4, -0.2) is 54.5 Å². The molecule has 1 saturated heterocycles. The molecule has 1 aromatic carbocycles. The van der Waals surface area contributed by atoms with Crippen molar-refractivity contribution in [1.29, 1.82) is 0 Å². The number of morpholine rings is 1. The first kappa shape index (κ1) is 19.0. The molecule has 2 aromatic rings. The molecule has 0 unspecified atom stereocenters. The molecule has 2 heterocycles. The summed E-state index contributed by atoms with van der Waals surface area (Å²) in [7, 11) is 0. The third-order valence-electron chi connectivity index (χ3n) is 4.51. The van der Waals surface area contributed by atoms with Gasteiger partial charge in [-0.05, 0) is 17.2 Å². The van der Waals surface area contributed by atoms with Crippen molar-refractivity contribution in [2.45, 2.75) is 12.6 Å². The normalized spacial score (nSPS) is 15.7. The van der Waals surface area contributed by atoms with Crippen molar-refractivity contribution < 1.29 is 14.3 Å². The summed E-state index contributed by atoms with van der Waals surface area (Å²) in [4.78, 5) is 30.7. The predicted octanol–water partition coefficient (Wildman–Crippen LogP) is 0.887. The Balaban J connectivity index is 1.55. The maximum atomic E-state index is 12.2. The lowest BCUT2D eigenvalue weighted by atomic mass is 10.1. The van der Waals surface area contributed by atoms with Crippen molar-refractivity contribution in [3.8, 4) is 0 Å². The molecule has 7 heteroatoms. The number of ether oxygens (including phenoxy) is 1. The van der Waals surface area contributed by atoms with Crippen LogP contribution in [0.25, 0.3) is 0 Å². The van der Waals surface area contributed by atoms with Crippen LogP contribution in [0.3, 0.4) is 0 Å². The van der Waals surface area contributed by atoms with E-state index in [-0.39, 0.29) is 6.04 Å². The van der Waals surface area contributed by atoms with Gasteiger partial charge in [-0.3, -0.25) is 19.5 Å². The molecular weight excluding hydrogens is 344 g/mol. The Hall–Kier alpha value is -2.77. The smallest absolute Gasteiger partial charge is 0.309 e. The van der Waals surface area contributed by atoms with E-state index < -0.39 is 11.8 Å². The maximum Gasteiger partial charge on any atom is 0.309 e. The molecule has 3 rings (SSSR count). The summed E-state index contributed by atoms with van der Waals surface area (Å²) < 4.78 is 5.41. The van der Waals surface area contributed by atoms with Crippen molar-refractivity contribution in [2.24, 2.45) is 0 Å². The molecule has 1 aromatic heterocycles. The minimum atomic E-state index is -0.634. The summed E-state index contributed by atoms with van der Waals surface area (Å²) in [5.74, 6) is -1.26. The Labute approximate surface area is 158 Å². The van der Waals surface area contributed by atoms with E-state index in [1.807, 2.05) is 42.5 Å². The Kier molecular flexibility index (Phi) is 6.90. The van der Waals surface area contributed by atoms with Crippen LogP contribution < -0.4 is 10.6 Å². The maximum absolute atomic E-state index is 12.2. The minimum absolute atomic E-state index is 0.0477. The fraction of sp³-hybridized carbons (Fsp3) is 0.350. The lowest BCUT2D eigenvalue weighted by molar-refractivity contribution is -0.139. The van der Waals surface area contributed by atoms with Crippen molar-refractivity contribution in [3.63, 3.8) is 0 Å². The summed E-state index contributed by atoms with van der Waals surface area (Å²) in [5.41, 5.74) is 1.95. The molecular formula is C20H24N4O3. The first-order chi connectivity index (χ1) is 13.2. The molecule has 2 amide bonds. The van der Waals surface area contributed by atoms with E-state index in [1.165, 1.54) is 0 Å². The Morgan fingerprint density at radius 3 is 2.48 bits per heavy atom. The van der Waals surface area contributed by atoms with E-state index in [9.17, 15) is 9.59 Å². The van der Waals surface area contributed by atoms with Crippen LogP contribution in [0.2, 0.25) is 0 Å². The highest BCUT2D eigenvalue weighted by Crippen LogP contribution is 2.20. The molecule has 27 heavy (non-hydrogen) atoms. The molecule has 0 aliphatic carbocycles. The van der Waals surface area contributed by atoms with Crippen molar-refractivity contribution in [2.75, 3.05) is 32.8 Å². The van der Waals surface area contributed by atoms with E-state index in [0.29, 0.717) is 26.3 Å². The Morgan fingerprint density at radius 2 is 1.78 bits per heavy atom. The van der Waals surface area contributed by atoms with E-state index in [1.54, 1.807) is 12.4 Å². The highest BCUT2D eigenvalue weighted by atomic mass is 16.5. The van der Waals surface area contributed by atoms with Gasteiger partial charge in [0, 0.05) is 38.6 Å². The van der Waals surface area contributed by atoms with Gasteiger partial charge in [-0.1, -0.05) is 36.4 Å². The lowest BCUT2D eigenvalue weighted by Crippen LogP contribution is -2.46. The number of carbonyl (C=O) groups is 2. The third-order valence-corrected chi connectivity index (χ3v) is 4.51. The third kappa shape index (κ3) is 5.60. The first-order valence-corrected chi connectivity index (χ1v) is 9.05. The average Bonchev–Trinajstić information content (AvgIpc) is 2.74. The van der Waals surface area contributed by atoms with Crippen LogP contribution in [0.4, 0.5) is 0 Å². The van der Waals surface area contributed by atoms with Crippen LogP contribution >= 0.6 is 0 Å². The number of nitrogens with zero attached hydrogens (tertiary/aromatic N) is 2. The highest BCUT2D eigenvalue weighted by Gasteiger charge is 2.24. The number of aromatic nitrogens is 1. The zero-order valence-electron chi connectivity index (χ0n) is 15.1. The number of hydrogen-bond donors (Lipinski definition) is 2. The number of amides is 2. The molecule has 1 fully saturated rings. The molecule has 1 aliphatic rings. The molecule has 0 saturated carbocycles. The summed E-state index contributed by atoms with van der Waals surface area (Å²) in [6, 6.07) is 13.3. The summed E-state index contributed by atoms with van der Waals surface area (Å²) in [5, 5.41) is 5.40. The molecule has 2 N–H and O–H groups in total. The number of pyridine rings is 1. The SMILES string of the molecule is O=C(NCc1ccccc1)C(=O)NC[C@@H](c1cccnc1)N1CCOCC1. The van der Waals surface area contributed by atoms with Gasteiger partial charge in [0.1, 0.15) is 0 Å². The van der Waals surface area contributed by atoms with Crippen LogP contribution in [0, 0.1) is 0 Å². The summed E-state index contributed by atoms with van der Waals surface area (Å²) in [6.07, 6.45) is 3.51.